The molecule has 210 valence electrons. The molecule has 10 nitrogen and oxygen atoms in total. The van der Waals surface area contributed by atoms with Crippen LogP contribution in [-0.2, 0) is 12.4 Å². The van der Waals surface area contributed by atoms with Crippen LogP contribution in [0.2, 0.25) is 0 Å². The summed E-state index contributed by atoms with van der Waals surface area (Å²) in [5, 5.41) is 37.6. The topological polar surface area (TPSA) is 168 Å². The lowest BCUT2D eigenvalue weighted by molar-refractivity contribution is -0.138. The molecule has 0 spiro atoms. The van der Waals surface area contributed by atoms with Gasteiger partial charge in [0.05, 0.1) is 22.3 Å². The van der Waals surface area contributed by atoms with Crippen molar-refractivity contribution in [3.63, 3.8) is 0 Å². The van der Waals surface area contributed by atoms with E-state index in [0.717, 1.165) is 12.1 Å². The number of rotatable bonds is 8. The van der Waals surface area contributed by atoms with Gasteiger partial charge in [-0.3, -0.25) is 0 Å². The van der Waals surface area contributed by atoms with Crippen LogP contribution >= 0.6 is 0 Å². The van der Waals surface area contributed by atoms with E-state index in [1.807, 2.05) is 0 Å². The Balaban J connectivity index is 2.19. The van der Waals surface area contributed by atoms with Gasteiger partial charge in [-0.2, -0.15) is 26.3 Å². The third-order valence-electron chi connectivity index (χ3n) is 5.09. The number of ether oxygens (including phenoxy) is 2. The molecule has 40 heavy (non-hydrogen) atoms. The summed E-state index contributed by atoms with van der Waals surface area (Å²) in [7, 11) is 0. The quantitative estimate of drug-likeness (QED) is 0.231. The summed E-state index contributed by atoms with van der Waals surface area (Å²) in [5.74, 6) is -11.7. The third kappa shape index (κ3) is 5.74. The van der Waals surface area contributed by atoms with Gasteiger partial charge in [0.2, 0.25) is 0 Å². The lowest BCUT2D eigenvalue weighted by Gasteiger charge is -2.19. The molecule has 3 aromatic carbocycles. The minimum atomic E-state index is -5.27. The Morgan fingerprint density at radius 2 is 0.775 bits per heavy atom. The number of aromatic carboxylic acids is 4. The monoisotopic (exact) mass is 574 g/mol. The van der Waals surface area contributed by atoms with Crippen LogP contribution in [0.5, 0.6) is 23.0 Å². The molecule has 4 N–H and O–H groups in total. The Bertz CT molecular complexity index is 1430. The SMILES string of the molecule is O=C(O)c1c(Oc2ccccc2Oc2ccc(C(F)(F)F)c(C(=O)O)c2C(=O)O)ccc(C(F)(F)F)c1C(=O)O. The van der Waals surface area contributed by atoms with Crippen molar-refractivity contribution in [2.45, 2.75) is 12.4 Å². The Labute approximate surface area is 217 Å². The van der Waals surface area contributed by atoms with Gasteiger partial charge in [-0.1, -0.05) is 12.1 Å². The molecule has 3 rings (SSSR count). The maximum Gasteiger partial charge on any atom is 0.417 e. The first-order valence-corrected chi connectivity index (χ1v) is 10.3. The summed E-state index contributed by atoms with van der Waals surface area (Å²) in [6, 6.07) is 5.95. The molecule has 0 atom stereocenters. The smallest absolute Gasteiger partial charge is 0.417 e. The maximum absolute atomic E-state index is 13.3. The first kappa shape index (κ1) is 29.3. The lowest BCUT2D eigenvalue weighted by Crippen LogP contribution is -2.18. The number of para-hydroxylation sites is 2. The maximum atomic E-state index is 13.3. The summed E-state index contributed by atoms with van der Waals surface area (Å²) in [5.41, 5.74) is -9.73. The van der Waals surface area contributed by atoms with E-state index in [1.165, 1.54) is 12.1 Å². The van der Waals surface area contributed by atoms with Crippen molar-refractivity contribution in [3.05, 3.63) is 81.9 Å². The molecular weight excluding hydrogens is 562 g/mol. The highest BCUT2D eigenvalue weighted by atomic mass is 19.4. The van der Waals surface area contributed by atoms with Crippen LogP contribution in [0.25, 0.3) is 0 Å². The molecule has 0 radical (unpaired) electrons. The molecule has 0 fully saturated rings. The van der Waals surface area contributed by atoms with Crippen molar-refractivity contribution in [1.29, 1.82) is 0 Å². The van der Waals surface area contributed by atoms with E-state index in [0.29, 0.717) is 12.1 Å². The van der Waals surface area contributed by atoms with E-state index in [-0.39, 0.29) is 12.1 Å². The van der Waals surface area contributed by atoms with Crippen LogP contribution in [0.4, 0.5) is 26.3 Å². The molecule has 0 bridgehead atoms. The minimum absolute atomic E-state index is 0.242. The Hall–Kier alpha value is -5.28. The van der Waals surface area contributed by atoms with Crippen LogP contribution < -0.4 is 9.47 Å². The second kappa shape index (κ2) is 10.5. The highest BCUT2D eigenvalue weighted by Crippen LogP contribution is 2.43. The van der Waals surface area contributed by atoms with E-state index < -0.39 is 92.6 Å². The third-order valence-corrected chi connectivity index (χ3v) is 5.09. The number of hydrogen-bond acceptors (Lipinski definition) is 6. The van der Waals surface area contributed by atoms with Gasteiger partial charge in [0.1, 0.15) is 22.6 Å². The molecule has 0 saturated carbocycles. The van der Waals surface area contributed by atoms with E-state index >= 15 is 0 Å². The molecule has 0 aliphatic carbocycles. The zero-order valence-corrected chi connectivity index (χ0v) is 19.1. The number of hydrogen-bond donors (Lipinski definition) is 4. The number of carbonyl (C=O) groups is 4. The minimum Gasteiger partial charge on any atom is -0.478 e. The van der Waals surface area contributed by atoms with Gasteiger partial charge < -0.3 is 29.9 Å². The van der Waals surface area contributed by atoms with Crippen LogP contribution in [0, 0.1) is 0 Å². The first-order valence-electron chi connectivity index (χ1n) is 10.3. The molecular formula is C24H12F6O10. The summed E-state index contributed by atoms with van der Waals surface area (Å²) in [6.45, 7) is 0. The standard InChI is InChI=1S/C24H12F6O10/c25-23(26,27)9-5-7-13(17(21(35)36)15(9)19(31)32)39-11-3-1-2-4-12(11)40-14-8-6-10(24(28,29)30)16(20(33)34)18(14)22(37)38/h1-8H,(H,31,32)(H,33,34)(H,35,36)(H,37,38). The summed E-state index contributed by atoms with van der Waals surface area (Å²) in [4.78, 5) is 46.7. The van der Waals surface area contributed by atoms with Gasteiger partial charge in [0.15, 0.2) is 11.5 Å². The molecule has 0 amide bonds. The van der Waals surface area contributed by atoms with Crippen LogP contribution in [0.15, 0.2) is 48.5 Å². The predicted molar refractivity (Wildman–Crippen MR) is 117 cm³/mol. The van der Waals surface area contributed by atoms with Crippen LogP contribution in [-0.4, -0.2) is 44.3 Å². The van der Waals surface area contributed by atoms with Gasteiger partial charge in [-0.15, -0.1) is 0 Å². The second-order valence-corrected chi connectivity index (χ2v) is 7.59. The van der Waals surface area contributed by atoms with Crippen LogP contribution in [0.3, 0.4) is 0 Å². The van der Waals surface area contributed by atoms with Gasteiger partial charge in [0.25, 0.3) is 0 Å². The summed E-state index contributed by atoms with van der Waals surface area (Å²) in [6.07, 6.45) is -10.5. The number of carboxylic acids is 4. The zero-order valence-electron chi connectivity index (χ0n) is 19.1. The average Bonchev–Trinajstić information content (AvgIpc) is 2.82. The molecule has 0 aliphatic rings. The number of halogens is 6. The Kier molecular flexibility index (Phi) is 7.66. The predicted octanol–water partition coefficient (Wildman–Crippen LogP) is 6.10. The molecule has 16 heteroatoms. The second-order valence-electron chi connectivity index (χ2n) is 7.59. The molecule has 0 heterocycles. The largest absolute Gasteiger partial charge is 0.478 e. The van der Waals surface area contributed by atoms with Crippen molar-refractivity contribution >= 4 is 23.9 Å². The van der Waals surface area contributed by atoms with E-state index in [1.54, 1.807) is 0 Å². The molecule has 3 aromatic rings. The van der Waals surface area contributed by atoms with E-state index in [4.69, 9.17) is 9.47 Å². The lowest BCUT2D eigenvalue weighted by atomic mass is 9.99. The van der Waals surface area contributed by atoms with Gasteiger partial charge in [-0.25, -0.2) is 19.2 Å². The molecule has 0 aliphatic heterocycles. The Morgan fingerprint density at radius 3 is 1.02 bits per heavy atom. The highest BCUT2D eigenvalue weighted by Gasteiger charge is 2.41. The van der Waals surface area contributed by atoms with Crippen LogP contribution in [0.1, 0.15) is 52.6 Å². The molecule has 0 saturated heterocycles. The van der Waals surface area contributed by atoms with Crippen molar-refractivity contribution in [3.8, 4) is 23.0 Å². The van der Waals surface area contributed by atoms with Crippen molar-refractivity contribution in [2.24, 2.45) is 0 Å². The van der Waals surface area contributed by atoms with Gasteiger partial charge in [-0.05, 0) is 36.4 Å². The van der Waals surface area contributed by atoms with Crippen molar-refractivity contribution in [1.82, 2.24) is 0 Å². The van der Waals surface area contributed by atoms with E-state index in [2.05, 4.69) is 0 Å². The van der Waals surface area contributed by atoms with Gasteiger partial charge >= 0.3 is 36.2 Å². The Morgan fingerprint density at radius 1 is 0.475 bits per heavy atom. The first-order chi connectivity index (χ1) is 18.4. The van der Waals surface area contributed by atoms with Gasteiger partial charge in [0, 0.05) is 0 Å². The summed E-state index contributed by atoms with van der Waals surface area (Å²) >= 11 is 0. The number of alkyl halides is 6. The fraction of sp³-hybridized carbons (Fsp3) is 0.0833. The fourth-order valence-electron chi connectivity index (χ4n) is 3.53. The highest BCUT2D eigenvalue weighted by molar-refractivity contribution is 6.06. The number of carboxylic acid groups (broad SMARTS) is 4. The number of benzene rings is 3. The van der Waals surface area contributed by atoms with Crippen molar-refractivity contribution < 1.29 is 75.4 Å². The normalized spacial score (nSPS) is 11.6. The van der Waals surface area contributed by atoms with Crippen molar-refractivity contribution in [2.75, 3.05) is 0 Å². The average molecular weight is 574 g/mol. The zero-order chi connectivity index (χ0) is 30.2. The summed E-state index contributed by atoms with van der Waals surface area (Å²) < 4.78 is 90.6. The van der Waals surface area contributed by atoms with E-state index in [9.17, 15) is 65.9 Å². The molecule has 0 unspecified atom stereocenters. The fourth-order valence-corrected chi connectivity index (χ4v) is 3.53. The molecule has 0 aromatic heterocycles.